The van der Waals surface area contributed by atoms with Crippen LogP contribution in [-0.4, -0.2) is 73.8 Å². The van der Waals surface area contributed by atoms with Gasteiger partial charge in [-0.15, -0.1) is 0 Å². The van der Waals surface area contributed by atoms with Gasteiger partial charge in [-0.2, -0.15) is 0 Å². The molecule has 0 aliphatic carbocycles. The Labute approximate surface area is 287 Å². The van der Waals surface area contributed by atoms with Crippen LogP contribution in [0.1, 0.15) is 77.6 Å². The van der Waals surface area contributed by atoms with Crippen LogP contribution in [0.3, 0.4) is 0 Å². The molecule has 1 amide bonds. The SMILES string of the molecule is CC.CCOc1cc(C(C)(C)C)ccc1C1=NC(C)(c2ccc(Cl)cc2)C(C)(c2ccc(Cl)cc2)N1C=O.CN1CCN(C)CC1. The van der Waals surface area contributed by atoms with Gasteiger partial charge >= 0.3 is 0 Å². The molecule has 1 saturated heterocycles. The predicted molar refractivity (Wildman–Crippen MR) is 195 cm³/mol. The highest BCUT2D eigenvalue weighted by Crippen LogP contribution is 2.53. The summed E-state index contributed by atoms with van der Waals surface area (Å²) in [6.07, 6.45) is 0.863. The molecule has 2 heterocycles. The average molecular weight is 668 g/mol. The van der Waals surface area contributed by atoms with E-state index in [1.807, 2.05) is 82.3 Å². The summed E-state index contributed by atoms with van der Waals surface area (Å²) >= 11 is 12.5. The van der Waals surface area contributed by atoms with Gasteiger partial charge in [-0.3, -0.25) is 14.7 Å². The van der Waals surface area contributed by atoms with Crippen molar-refractivity contribution in [3.05, 3.63) is 99.0 Å². The first kappa shape index (κ1) is 37.6. The van der Waals surface area contributed by atoms with Gasteiger partial charge in [0.15, 0.2) is 0 Å². The van der Waals surface area contributed by atoms with E-state index in [0.717, 1.165) is 28.7 Å². The van der Waals surface area contributed by atoms with Crippen molar-refractivity contribution in [1.29, 1.82) is 0 Å². The Morgan fingerprint density at radius 2 is 1.30 bits per heavy atom. The van der Waals surface area contributed by atoms with E-state index in [0.29, 0.717) is 28.2 Å². The molecule has 0 aromatic heterocycles. The van der Waals surface area contributed by atoms with Crippen molar-refractivity contribution in [3.8, 4) is 5.75 Å². The third-order valence-corrected chi connectivity index (χ3v) is 9.52. The highest BCUT2D eigenvalue weighted by atomic mass is 35.5. The van der Waals surface area contributed by atoms with Crippen LogP contribution >= 0.6 is 23.2 Å². The number of hydrogen-bond donors (Lipinski definition) is 0. The lowest BCUT2D eigenvalue weighted by Crippen LogP contribution is -2.52. The van der Waals surface area contributed by atoms with Crippen molar-refractivity contribution >= 4 is 35.4 Å². The second-order valence-corrected chi connectivity index (χ2v) is 13.9. The molecule has 3 aromatic carbocycles. The normalized spacial score (nSPS) is 21.8. The predicted octanol–water partition coefficient (Wildman–Crippen LogP) is 8.63. The van der Waals surface area contributed by atoms with Crippen LogP contribution in [0.2, 0.25) is 10.0 Å². The maximum absolute atomic E-state index is 12.9. The van der Waals surface area contributed by atoms with Gasteiger partial charge in [-0.25, -0.2) is 0 Å². The van der Waals surface area contributed by atoms with Gasteiger partial charge in [0.25, 0.3) is 0 Å². The monoisotopic (exact) mass is 666 g/mol. The average Bonchev–Trinajstić information content (AvgIpc) is 3.27. The van der Waals surface area contributed by atoms with Crippen LogP contribution in [0.25, 0.3) is 0 Å². The first-order valence-electron chi connectivity index (χ1n) is 16.3. The molecule has 46 heavy (non-hydrogen) atoms. The van der Waals surface area contributed by atoms with Gasteiger partial charge in [0.05, 0.1) is 12.2 Å². The first-order valence-corrected chi connectivity index (χ1v) is 17.0. The molecule has 0 N–H and O–H groups in total. The highest BCUT2D eigenvalue weighted by molar-refractivity contribution is 6.30. The number of hydrogen-bond acceptors (Lipinski definition) is 5. The summed E-state index contributed by atoms with van der Waals surface area (Å²) in [4.78, 5) is 24.6. The number of amidine groups is 1. The molecule has 250 valence electrons. The Morgan fingerprint density at radius 3 is 1.74 bits per heavy atom. The van der Waals surface area contributed by atoms with Crippen LogP contribution < -0.4 is 4.74 Å². The van der Waals surface area contributed by atoms with E-state index in [4.69, 9.17) is 32.9 Å². The Kier molecular flexibility index (Phi) is 12.9. The number of ether oxygens (including phenoxy) is 1. The molecule has 0 saturated carbocycles. The van der Waals surface area contributed by atoms with Crippen LogP contribution in [-0.2, 0) is 21.3 Å². The van der Waals surface area contributed by atoms with E-state index in [2.05, 4.69) is 63.7 Å². The molecule has 5 rings (SSSR count). The van der Waals surface area contributed by atoms with Gasteiger partial charge in [-0.05, 0) is 93.4 Å². The lowest BCUT2D eigenvalue weighted by atomic mass is 9.71. The van der Waals surface area contributed by atoms with Gasteiger partial charge in [-0.1, -0.05) is 88.2 Å². The molecule has 8 heteroatoms. The summed E-state index contributed by atoms with van der Waals surface area (Å²) in [6, 6.07) is 21.4. The maximum Gasteiger partial charge on any atom is 0.216 e. The Balaban J connectivity index is 0.000000496. The van der Waals surface area contributed by atoms with Crippen molar-refractivity contribution in [3.63, 3.8) is 0 Å². The Morgan fingerprint density at radius 1 is 0.826 bits per heavy atom. The van der Waals surface area contributed by atoms with E-state index in [1.54, 1.807) is 4.90 Å². The van der Waals surface area contributed by atoms with Gasteiger partial charge in [0.1, 0.15) is 22.7 Å². The lowest BCUT2D eigenvalue weighted by molar-refractivity contribution is -0.119. The van der Waals surface area contributed by atoms with Crippen molar-refractivity contribution in [1.82, 2.24) is 14.7 Å². The lowest BCUT2D eigenvalue weighted by Gasteiger charge is -2.44. The van der Waals surface area contributed by atoms with E-state index in [1.165, 1.54) is 26.2 Å². The molecule has 1 fully saturated rings. The van der Waals surface area contributed by atoms with Gasteiger partial charge in [0.2, 0.25) is 6.41 Å². The van der Waals surface area contributed by atoms with E-state index >= 15 is 0 Å². The van der Waals surface area contributed by atoms with Crippen LogP contribution in [0.5, 0.6) is 5.75 Å². The zero-order chi connectivity index (χ0) is 34.3. The number of amides is 1. The fourth-order valence-electron chi connectivity index (χ4n) is 5.84. The summed E-state index contributed by atoms with van der Waals surface area (Å²) in [5.74, 6) is 1.26. The minimum atomic E-state index is -0.852. The number of aliphatic imine (C=N–C) groups is 1. The molecule has 0 bridgehead atoms. The molecular formula is C38H52Cl2N4O2. The second-order valence-electron chi connectivity index (χ2n) is 13.1. The summed E-state index contributed by atoms with van der Waals surface area (Å²) in [5, 5.41) is 1.27. The second kappa shape index (κ2) is 15.8. The number of rotatable bonds is 6. The van der Waals surface area contributed by atoms with Crippen molar-refractivity contribution < 1.29 is 9.53 Å². The fourth-order valence-corrected chi connectivity index (χ4v) is 6.09. The molecule has 2 aliphatic heterocycles. The summed E-state index contributed by atoms with van der Waals surface area (Å²) in [7, 11) is 4.35. The highest BCUT2D eigenvalue weighted by Gasteiger charge is 2.57. The minimum absolute atomic E-state index is 0.0537. The van der Waals surface area contributed by atoms with Crippen LogP contribution in [0.15, 0.2) is 71.7 Å². The zero-order valence-corrected chi connectivity index (χ0v) is 30.8. The van der Waals surface area contributed by atoms with E-state index < -0.39 is 11.1 Å². The number of carbonyl (C=O) groups excluding carboxylic acids is 1. The molecule has 0 spiro atoms. The topological polar surface area (TPSA) is 48.4 Å². The zero-order valence-electron chi connectivity index (χ0n) is 29.3. The van der Waals surface area contributed by atoms with Gasteiger partial charge in [0, 0.05) is 36.2 Å². The number of halogens is 2. The smallest absolute Gasteiger partial charge is 0.216 e. The molecule has 3 aromatic rings. The molecule has 2 atom stereocenters. The largest absolute Gasteiger partial charge is 0.493 e. The summed E-state index contributed by atoms with van der Waals surface area (Å²) < 4.78 is 6.10. The van der Waals surface area contributed by atoms with Crippen molar-refractivity contribution in [2.45, 2.75) is 71.9 Å². The molecule has 0 radical (unpaired) electrons. The summed E-state index contributed by atoms with van der Waals surface area (Å²) in [5.41, 5.74) is 2.04. The maximum atomic E-state index is 12.9. The Bertz CT molecular complexity index is 1450. The van der Waals surface area contributed by atoms with Gasteiger partial charge < -0.3 is 14.5 Å². The van der Waals surface area contributed by atoms with Crippen molar-refractivity contribution in [2.75, 3.05) is 46.9 Å². The molecular weight excluding hydrogens is 615 g/mol. The number of nitrogens with zero attached hydrogens (tertiary/aromatic N) is 4. The van der Waals surface area contributed by atoms with E-state index in [-0.39, 0.29) is 5.41 Å². The number of carbonyl (C=O) groups is 1. The first-order chi connectivity index (χ1) is 21.7. The standard InChI is InChI=1S/C30H32Cl2N2O2.C6H14N2.C2H6/c1-7-36-26-18-22(28(2,3)4)12-17-25(26)27-33-29(5,20-8-13-23(31)14-9-20)30(6,34(27)19-35)21-10-15-24(32)16-11-21;1-7-3-5-8(2)6-4-7;1-2/h8-19H,7H2,1-6H3;3-6H2,1-2H3;1-2H3. The number of likely N-dealkylation sites (N-methyl/N-ethyl adjacent to an activating group) is 2. The molecule has 2 unspecified atom stereocenters. The Hall–Kier alpha value is -2.90. The quantitative estimate of drug-likeness (QED) is 0.247. The fraction of sp³-hybridized carbons (Fsp3) is 0.474. The third-order valence-electron chi connectivity index (χ3n) is 9.02. The summed E-state index contributed by atoms with van der Waals surface area (Å²) in [6.45, 7) is 22.0. The van der Waals surface area contributed by atoms with Crippen LogP contribution in [0, 0.1) is 0 Å². The molecule has 6 nitrogen and oxygen atoms in total. The van der Waals surface area contributed by atoms with E-state index in [9.17, 15) is 4.79 Å². The minimum Gasteiger partial charge on any atom is -0.493 e. The molecule has 2 aliphatic rings. The number of benzene rings is 3. The van der Waals surface area contributed by atoms with Crippen molar-refractivity contribution in [2.24, 2.45) is 4.99 Å². The number of piperazine rings is 1. The third kappa shape index (κ3) is 7.96. The van der Waals surface area contributed by atoms with Crippen LogP contribution in [0.4, 0.5) is 0 Å².